The summed E-state index contributed by atoms with van der Waals surface area (Å²) in [7, 11) is 0. The van der Waals surface area contributed by atoms with Crippen LogP contribution >= 0.6 is 0 Å². The van der Waals surface area contributed by atoms with Crippen LogP contribution in [0.5, 0.6) is 0 Å². The van der Waals surface area contributed by atoms with Crippen molar-refractivity contribution in [2.75, 3.05) is 37.6 Å². The SMILES string of the molecule is Cc1cc(N2CCN(CC(=O)NC(=O)NC(C)C)CC2)nc(C(C)C)n1. The van der Waals surface area contributed by atoms with E-state index < -0.39 is 6.03 Å². The predicted molar refractivity (Wildman–Crippen MR) is 101 cm³/mol. The number of anilines is 1. The summed E-state index contributed by atoms with van der Waals surface area (Å²) in [4.78, 5) is 37.0. The Kier molecular flexibility index (Phi) is 6.90. The maximum Gasteiger partial charge on any atom is 0.321 e. The molecule has 1 aromatic rings. The first-order valence-corrected chi connectivity index (χ1v) is 9.18. The summed E-state index contributed by atoms with van der Waals surface area (Å²) in [6.07, 6.45) is 0. The first kappa shape index (κ1) is 20.1. The number of hydrogen-bond acceptors (Lipinski definition) is 6. The Morgan fingerprint density at radius 3 is 2.35 bits per heavy atom. The van der Waals surface area contributed by atoms with Gasteiger partial charge in [-0.1, -0.05) is 13.8 Å². The Morgan fingerprint density at radius 2 is 1.77 bits per heavy atom. The third-order valence-corrected chi connectivity index (χ3v) is 4.11. The predicted octanol–water partition coefficient (Wildman–Crippen LogP) is 1.26. The standard InChI is InChI=1S/C18H30N6O2/c1-12(2)17-20-14(5)10-15(21-17)24-8-6-23(7-9-24)11-16(25)22-18(26)19-13(3)4/h10,12-13H,6-9,11H2,1-5H3,(H2,19,22,25,26). The molecule has 0 aromatic carbocycles. The minimum Gasteiger partial charge on any atom is -0.354 e. The van der Waals surface area contributed by atoms with Gasteiger partial charge in [0.25, 0.3) is 0 Å². The molecule has 2 heterocycles. The van der Waals surface area contributed by atoms with Crippen LogP contribution in [0.3, 0.4) is 0 Å². The average Bonchev–Trinajstić information content (AvgIpc) is 2.53. The van der Waals surface area contributed by atoms with Crippen LogP contribution in [0.25, 0.3) is 0 Å². The van der Waals surface area contributed by atoms with Crippen molar-refractivity contribution in [1.82, 2.24) is 25.5 Å². The second-order valence-corrected chi connectivity index (χ2v) is 7.32. The highest BCUT2D eigenvalue weighted by Gasteiger charge is 2.21. The second kappa shape index (κ2) is 8.93. The molecule has 0 bridgehead atoms. The maximum absolute atomic E-state index is 12.0. The van der Waals surface area contributed by atoms with E-state index in [1.165, 1.54) is 0 Å². The molecule has 0 unspecified atom stereocenters. The monoisotopic (exact) mass is 362 g/mol. The van der Waals surface area contributed by atoms with E-state index in [0.29, 0.717) is 0 Å². The Hall–Kier alpha value is -2.22. The summed E-state index contributed by atoms with van der Waals surface area (Å²) in [6, 6.07) is 1.56. The lowest BCUT2D eigenvalue weighted by Crippen LogP contribution is -2.51. The molecule has 26 heavy (non-hydrogen) atoms. The zero-order valence-corrected chi connectivity index (χ0v) is 16.4. The fourth-order valence-corrected chi connectivity index (χ4v) is 2.80. The highest BCUT2D eigenvalue weighted by atomic mass is 16.2. The molecule has 1 aliphatic heterocycles. The van der Waals surface area contributed by atoms with Gasteiger partial charge in [-0.25, -0.2) is 14.8 Å². The fraction of sp³-hybridized carbons (Fsp3) is 0.667. The number of hydrogen-bond donors (Lipinski definition) is 2. The number of carbonyl (C=O) groups is 2. The highest BCUT2D eigenvalue weighted by molar-refractivity contribution is 5.95. The number of piperazine rings is 1. The van der Waals surface area contributed by atoms with Crippen LogP contribution in [0, 0.1) is 6.92 Å². The summed E-state index contributed by atoms with van der Waals surface area (Å²) in [5, 5.41) is 5.01. The van der Waals surface area contributed by atoms with E-state index in [1.54, 1.807) is 0 Å². The van der Waals surface area contributed by atoms with Gasteiger partial charge in [0.2, 0.25) is 5.91 Å². The molecule has 144 valence electrons. The van der Waals surface area contributed by atoms with E-state index in [-0.39, 0.29) is 24.4 Å². The quantitative estimate of drug-likeness (QED) is 0.820. The van der Waals surface area contributed by atoms with Crippen LogP contribution in [-0.4, -0.2) is 65.6 Å². The van der Waals surface area contributed by atoms with Crippen LogP contribution in [-0.2, 0) is 4.79 Å². The Labute approximate surface area is 155 Å². The van der Waals surface area contributed by atoms with Crippen molar-refractivity contribution in [3.63, 3.8) is 0 Å². The zero-order chi connectivity index (χ0) is 19.3. The number of aryl methyl sites for hydroxylation is 1. The molecule has 0 saturated carbocycles. The lowest BCUT2D eigenvalue weighted by Gasteiger charge is -2.35. The molecular formula is C18H30N6O2. The molecule has 0 radical (unpaired) electrons. The number of carbonyl (C=O) groups excluding carboxylic acids is 2. The van der Waals surface area contributed by atoms with Gasteiger partial charge in [-0.2, -0.15) is 0 Å². The van der Waals surface area contributed by atoms with Crippen molar-refractivity contribution in [2.45, 2.75) is 46.6 Å². The lowest BCUT2D eigenvalue weighted by molar-refractivity contribution is -0.121. The van der Waals surface area contributed by atoms with Crippen molar-refractivity contribution >= 4 is 17.8 Å². The summed E-state index contributed by atoms with van der Waals surface area (Å²) < 4.78 is 0. The van der Waals surface area contributed by atoms with Crippen molar-refractivity contribution < 1.29 is 9.59 Å². The molecule has 3 amide bonds. The fourth-order valence-electron chi connectivity index (χ4n) is 2.80. The molecule has 1 aromatic heterocycles. The van der Waals surface area contributed by atoms with Gasteiger partial charge in [0, 0.05) is 49.9 Å². The van der Waals surface area contributed by atoms with Gasteiger partial charge in [0.1, 0.15) is 11.6 Å². The second-order valence-electron chi connectivity index (χ2n) is 7.32. The summed E-state index contributed by atoms with van der Waals surface area (Å²) in [6.45, 7) is 13.2. The van der Waals surface area contributed by atoms with Gasteiger partial charge < -0.3 is 10.2 Å². The third-order valence-electron chi connectivity index (χ3n) is 4.11. The van der Waals surface area contributed by atoms with Gasteiger partial charge in [0.15, 0.2) is 0 Å². The van der Waals surface area contributed by atoms with Crippen LogP contribution < -0.4 is 15.5 Å². The molecule has 8 heteroatoms. The van der Waals surface area contributed by atoms with E-state index in [0.717, 1.165) is 43.5 Å². The molecule has 1 fully saturated rings. The molecule has 0 atom stereocenters. The molecule has 0 spiro atoms. The minimum atomic E-state index is -0.443. The Bertz CT molecular complexity index is 639. The summed E-state index contributed by atoms with van der Waals surface area (Å²) >= 11 is 0. The topological polar surface area (TPSA) is 90.5 Å². The van der Waals surface area contributed by atoms with Gasteiger partial charge in [-0.15, -0.1) is 0 Å². The smallest absolute Gasteiger partial charge is 0.321 e. The highest BCUT2D eigenvalue weighted by Crippen LogP contribution is 2.18. The molecule has 2 rings (SSSR count). The molecule has 8 nitrogen and oxygen atoms in total. The summed E-state index contributed by atoms with van der Waals surface area (Å²) in [5.41, 5.74) is 0.969. The van der Waals surface area contributed by atoms with Crippen LogP contribution in [0.2, 0.25) is 0 Å². The molecular weight excluding hydrogens is 332 g/mol. The average molecular weight is 362 g/mol. The van der Waals surface area contributed by atoms with E-state index >= 15 is 0 Å². The van der Waals surface area contributed by atoms with Crippen molar-refractivity contribution in [1.29, 1.82) is 0 Å². The maximum atomic E-state index is 12.0. The number of imide groups is 1. The van der Waals surface area contributed by atoms with Gasteiger partial charge in [-0.05, 0) is 20.8 Å². The van der Waals surface area contributed by atoms with Gasteiger partial charge in [0.05, 0.1) is 6.54 Å². The number of urea groups is 1. The third kappa shape index (κ3) is 5.94. The number of rotatable bonds is 5. The van der Waals surface area contributed by atoms with E-state index in [4.69, 9.17) is 0 Å². The number of aromatic nitrogens is 2. The van der Waals surface area contributed by atoms with Crippen molar-refractivity contribution in [3.05, 3.63) is 17.6 Å². The largest absolute Gasteiger partial charge is 0.354 e. The number of nitrogens with one attached hydrogen (secondary N) is 2. The van der Waals surface area contributed by atoms with Gasteiger partial charge in [-0.3, -0.25) is 15.0 Å². The van der Waals surface area contributed by atoms with E-state index in [2.05, 4.69) is 39.3 Å². The zero-order valence-electron chi connectivity index (χ0n) is 16.4. The first-order valence-electron chi connectivity index (χ1n) is 9.18. The summed E-state index contributed by atoms with van der Waals surface area (Å²) in [5.74, 6) is 1.81. The van der Waals surface area contributed by atoms with Crippen molar-refractivity contribution in [2.24, 2.45) is 0 Å². The van der Waals surface area contributed by atoms with E-state index in [9.17, 15) is 9.59 Å². The Morgan fingerprint density at radius 1 is 1.12 bits per heavy atom. The number of amides is 3. The van der Waals surface area contributed by atoms with Crippen molar-refractivity contribution in [3.8, 4) is 0 Å². The molecule has 1 saturated heterocycles. The minimum absolute atomic E-state index is 0.00149. The molecule has 1 aliphatic rings. The Balaban J connectivity index is 1.85. The van der Waals surface area contributed by atoms with Crippen LogP contribution in [0.4, 0.5) is 10.6 Å². The van der Waals surface area contributed by atoms with Crippen LogP contribution in [0.15, 0.2) is 6.07 Å². The molecule has 2 N–H and O–H groups in total. The van der Waals surface area contributed by atoms with Crippen LogP contribution in [0.1, 0.15) is 45.1 Å². The number of nitrogens with zero attached hydrogens (tertiary/aromatic N) is 4. The molecule has 0 aliphatic carbocycles. The lowest BCUT2D eigenvalue weighted by atomic mass is 10.2. The van der Waals surface area contributed by atoms with Gasteiger partial charge >= 0.3 is 6.03 Å². The normalized spacial score (nSPS) is 15.4. The first-order chi connectivity index (χ1) is 12.2. The van der Waals surface area contributed by atoms with E-state index in [1.807, 2.05) is 31.7 Å².